The average Bonchev–Trinajstić information content (AvgIpc) is 3.04. The lowest BCUT2D eigenvalue weighted by Crippen LogP contribution is -1.95. The smallest absolute Gasteiger partial charge is 0.269 e. The van der Waals surface area contributed by atoms with E-state index in [-0.39, 0.29) is 18.0 Å². The number of carbonyl (C=O) groups excluding carboxylic acids is 1. The van der Waals surface area contributed by atoms with E-state index < -0.39 is 11.7 Å². The standard InChI is InChI=1S/C14H10FN3O2S/c15-8-3-4-11-10(6-8)13(14(20)16-11)18-17-12(19)7-9-2-1-5-21-9/h1-6,16,20H,7H2. The molecule has 0 saturated carbocycles. The molecule has 106 valence electrons. The molecule has 3 rings (SSSR count). The number of nitrogens with zero attached hydrogens (tertiary/aromatic N) is 2. The van der Waals surface area contributed by atoms with E-state index in [1.54, 1.807) is 0 Å². The minimum Gasteiger partial charge on any atom is -0.493 e. The van der Waals surface area contributed by atoms with Crippen LogP contribution in [-0.2, 0) is 11.2 Å². The fourth-order valence-electron chi connectivity index (χ4n) is 1.94. The number of nitrogens with one attached hydrogen (secondary N) is 1. The molecule has 0 saturated heterocycles. The number of aromatic amines is 1. The van der Waals surface area contributed by atoms with Gasteiger partial charge in [0.25, 0.3) is 5.91 Å². The van der Waals surface area contributed by atoms with Crippen molar-refractivity contribution in [2.45, 2.75) is 6.42 Å². The molecule has 0 aliphatic rings. The molecular formula is C14H10FN3O2S. The Morgan fingerprint density at radius 1 is 1.38 bits per heavy atom. The van der Waals surface area contributed by atoms with Gasteiger partial charge in [-0.05, 0) is 29.6 Å². The second-order valence-corrected chi connectivity index (χ2v) is 5.39. The predicted octanol–water partition coefficient (Wildman–Crippen LogP) is 3.93. The van der Waals surface area contributed by atoms with Gasteiger partial charge >= 0.3 is 0 Å². The Labute approximate surface area is 122 Å². The Kier molecular flexibility index (Phi) is 3.49. The quantitative estimate of drug-likeness (QED) is 0.719. The van der Waals surface area contributed by atoms with Crippen LogP contribution in [-0.4, -0.2) is 16.0 Å². The first-order valence-corrected chi connectivity index (χ1v) is 6.98. The third kappa shape index (κ3) is 2.82. The number of azo groups is 1. The summed E-state index contributed by atoms with van der Waals surface area (Å²) in [6.07, 6.45) is 0.151. The Bertz CT molecular complexity index is 824. The van der Waals surface area contributed by atoms with Crippen LogP contribution in [0.2, 0.25) is 0 Å². The summed E-state index contributed by atoms with van der Waals surface area (Å²) in [7, 11) is 0. The first kappa shape index (κ1) is 13.4. The van der Waals surface area contributed by atoms with Crippen molar-refractivity contribution in [3.8, 4) is 5.88 Å². The van der Waals surface area contributed by atoms with Crippen molar-refractivity contribution in [3.05, 3.63) is 46.4 Å². The summed E-state index contributed by atoms with van der Waals surface area (Å²) in [6.45, 7) is 0. The molecule has 2 aromatic heterocycles. The molecule has 1 aromatic carbocycles. The molecule has 0 bridgehead atoms. The number of fused-ring (bicyclic) bond motifs is 1. The van der Waals surface area contributed by atoms with Crippen molar-refractivity contribution in [1.82, 2.24) is 4.98 Å². The molecule has 7 heteroatoms. The third-order valence-electron chi connectivity index (χ3n) is 2.88. The number of aromatic hydroxyl groups is 1. The van der Waals surface area contributed by atoms with Gasteiger partial charge in [-0.2, -0.15) is 0 Å². The van der Waals surface area contributed by atoms with Crippen LogP contribution < -0.4 is 0 Å². The maximum absolute atomic E-state index is 13.2. The monoisotopic (exact) mass is 303 g/mol. The number of benzene rings is 1. The van der Waals surface area contributed by atoms with E-state index in [4.69, 9.17) is 0 Å². The van der Waals surface area contributed by atoms with E-state index in [0.717, 1.165) is 4.88 Å². The molecule has 21 heavy (non-hydrogen) atoms. The number of amides is 1. The lowest BCUT2D eigenvalue weighted by atomic mass is 10.2. The van der Waals surface area contributed by atoms with Gasteiger partial charge in [0.2, 0.25) is 5.88 Å². The molecular weight excluding hydrogens is 293 g/mol. The zero-order valence-electron chi connectivity index (χ0n) is 10.7. The van der Waals surface area contributed by atoms with Crippen LogP contribution in [0.25, 0.3) is 10.9 Å². The molecule has 0 atom stereocenters. The van der Waals surface area contributed by atoms with Crippen molar-refractivity contribution < 1.29 is 14.3 Å². The highest BCUT2D eigenvalue weighted by Crippen LogP contribution is 2.35. The highest BCUT2D eigenvalue weighted by atomic mass is 32.1. The lowest BCUT2D eigenvalue weighted by Gasteiger charge is -1.93. The van der Waals surface area contributed by atoms with Gasteiger partial charge in [-0.25, -0.2) is 4.39 Å². The average molecular weight is 303 g/mol. The number of hydrogen-bond acceptors (Lipinski definition) is 4. The van der Waals surface area contributed by atoms with Crippen molar-refractivity contribution in [2.75, 3.05) is 0 Å². The van der Waals surface area contributed by atoms with E-state index in [1.807, 2.05) is 17.5 Å². The first-order chi connectivity index (χ1) is 10.1. The Morgan fingerprint density at radius 2 is 2.24 bits per heavy atom. The van der Waals surface area contributed by atoms with E-state index in [0.29, 0.717) is 10.9 Å². The van der Waals surface area contributed by atoms with Crippen LogP contribution in [0.1, 0.15) is 4.88 Å². The van der Waals surface area contributed by atoms with Crippen molar-refractivity contribution in [1.29, 1.82) is 0 Å². The third-order valence-corrected chi connectivity index (χ3v) is 3.76. The van der Waals surface area contributed by atoms with Gasteiger partial charge in [0.15, 0.2) is 5.69 Å². The maximum Gasteiger partial charge on any atom is 0.269 e. The Balaban J connectivity index is 1.87. The van der Waals surface area contributed by atoms with Gasteiger partial charge in [-0.1, -0.05) is 6.07 Å². The lowest BCUT2D eigenvalue weighted by molar-refractivity contribution is -0.117. The largest absolute Gasteiger partial charge is 0.493 e. The minimum absolute atomic E-state index is 0.0593. The van der Waals surface area contributed by atoms with Gasteiger partial charge in [0.1, 0.15) is 5.82 Å². The SMILES string of the molecule is O=C(Cc1cccs1)N=Nc1c(O)[nH]c2ccc(F)cc12. The van der Waals surface area contributed by atoms with Gasteiger partial charge in [0.05, 0.1) is 11.9 Å². The number of H-pyrrole nitrogens is 1. The van der Waals surface area contributed by atoms with Crippen LogP contribution in [0.4, 0.5) is 10.1 Å². The molecule has 0 fully saturated rings. The summed E-state index contributed by atoms with van der Waals surface area (Å²) >= 11 is 1.45. The molecule has 2 N–H and O–H groups in total. The number of halogens is 1. The van der Waals surface area contributed by atoms with Gasteiger partial charge in [-0.3, -0.25) is 4.79 Å². The molecule has 5 nitrogen and oxygen atoms in total. The number of carbonyl (C=O) groups is 1. The number of thiophene rings is 1. The highest BCUT2D eigenvalue weighted by Gasteiger charge is 2.12. The molecule has 0 aliphatic heterocycles. The summed E-state index contributed by atoms with van der Waals surface area (Å²) in [5.41, 5.74) is 0.581. The van der Waals surface area contributed by atoms with E-state index in [1.165, 1.54) is 29.5 Å². The number of hydrogen-bond donors (Lipinski definition) is 2. The summed E-state index contributed by atoms with van der Waals surface area (Å²) in [5.74, 6) is -1.13. The molecule has 2 heterocycles. The number of rotatable bonds is 3. The zero-order chi connectivity index (χ0) is 14.8. The Hall–Kier alpha value is -2.54. The molecule has 0 radical (unpaired) electrons. The van der Waals surface area contributed by atoms with Crippen molar-refractivity contribution in [3.63, 3.8) is 0 Å². The molecule has 0 unspecified atom stereocenters. The van der Waals surface area contributed by atoms with Gasteiger partial charge < -0.3 is 10.1 Å². The molecule has 3 aromatic rings. The van der Waals surface area contributed by atoms with Crippen LogP contribution >= 0.6 is 11.3 Å². The highest BCUT2D eigenvalue weighted by molar-refractivity contribution is 7.10. The van der Waals surface area contributed by atoms with Crippen molar-refractivity contribution in [2.24, 2.45) is 10.2 Å². The van der Waals surface area contributed by atoms with Crippen LogP contribution in [0.3, 0.4) is 0 Å². The van der Waals surface area contributed by atoms with Crippen LogP contribution in [0.15, 0.2) is 45.9 Å². The maximum atomic E-state index is 13.2. The minimum atomic E-state index is -0.456. The molecule has 1 amide bonds. The summed E-state index contributed by atoms with van der Waals surface area (Å²) in [4.78, 5) is 15.2. The molecule has 0 spiro atoms. The fraction of sp³-hybridized carbons (Fsp3) is 0.0714. The summed E-state index contributed by atoms with van der Waals surface area (Å²) in [5, 5.41) is 19.3. The van der Waals surface area contributed by atoms with E-state index in [9.17, 15) is 14.3 Å². The predicted molar refractivity (Wildman–Crippen MR) is 77.5 cm³/mol. The van der Waals surface area contributed by atoms with Crippen LogP contribution in [0.5, 0.6) is 5.88 Å². The normalized spacial score (nSPS) is 11.5. The number of aromatic nitrogens is 1. The second-order valence-electron chi connectivity index (χ2n) is 4.36. The van der Waals surface area contributed by atoms with Gasteiger partial charge in [0, 0.05) is 10.3 Å². The fourth-order valence-corrected chi connectivity index (χ4v) is 2.64. The van der Waals surface area contributed by atoms with E-state index >= 15 is 0 Å². The Morgan fingerprint density at radius 3 is 3.00 bits per heavy atom. The topological polar surface area (TPSA) is 77.8 Å². The van der Waals surface area contributed by atoms with E-state index in [2.05, 4.69) is 15.2 Å². The van der Waals surface area contributed by atoms with Crippen LogP contribution in [0, 0.1) is 5.82 Å². The molecule has 0 aliphatic carbocycles. The van der Waals surface area contributed by atoms with Crippen molar-refractivity contribution >= 4 is 33.8 Å². The summed E-state index contributed by atoms with van der Waals surface area (Å²) < 4.78 is 13.2. The zero-order valence-corrected chi connectivity index (χ0v) is 11.5. The summed E-state index contributed by atoms with van der Waals surface area (Å²) in [6, 6.07) is 7.65. The first-order valence-electron chi connectivity index (χ1n) is 6.10. The van der Waals surface area contributed by atoms with Gasteiger partial charge in [-0.15, -0.1) is 21.6 Å². The second kappa shape index (κ2) is 5.45.